The fraction of sp³-hybridized carbons (Fsp3) is 0.875. The van der Waals surface area contributed by atoms with E-state index in [1.54, 1.807) is 6.92 Å². The zero-order valence-electron chi connectivity index (χ0n) is 24.7. The van der Waals surface area contributed by atoms with Gasteiger partial charge in [-0.1, -0.05) is 6.58 Å². The van der Waals surface area contributed by atoms with Crippen LogP contribution in [0.4, 0.5) is 0 Å². The fourth-order valence-corrected chi connectivity index (χ4v) is 24.2. The molecule has 0 rings (SSSR count). The van der Waals surface area contributed by atoms with E-state index in [-0.39, 0.29) is 22.9 Å². The van der Waals surface area contributed by atoms with Crippen molar-refractivity contribution in [3.63, 3.8) is 0 Å². The van der Waals surface area contributed by atoms with Crippen LogP contribution in [0.25, 0.3) is 0 Å². The van der Waals surface area contributed by atoms with Crippen molar-refractivity contribution in [1.82, 2.24) is 5.32 Å². The van der Waals surface area contributed by atoms with Gasteiger partial charge in [-0.2, -0.15) is 0 Å². The molecule has 0 saturated carbocycles. The molecule has 0 fully saturated rings. The number of hydrogen-bond donors (Lipinski definition) is 1. The highest BCUT2D eigenvalue weighted by Gasteiger charge is 2.36. The molecule has 204 valence electrons. The van der Waals surface area contributed by atoms with Crippen LogP contribution >= 0.6 is 17.0 Å². The molecule has 34 heavy (non-hydrogen) atoms. The summed E-state index contributed by atoms with van der Waals surface area (Å²) in [7, 11) is -1.80. The Morgan fingerprint density at radius 1 is 0.765 bits per heavy atom. The number of amides is 1. The van der Waals surface area contributed by atoms with Crippen LogP contribution in [0.15, 0.2) is 12.2 Å². The van der Waals surface area contributed by atoms with Crippen LogP contribution in [-0.2, 0) is 13.0 Å². The number of unbranched alkanes of at least 4 members (excludes halogenated alkanes) is 1. The van der Waals surface area contributed by atoms with Crippen molar-refractivity contribution < 1.29 is 17.5 Å². The smallest absolute Gasteiger partial charge is 0.246 e. The van der Waals surface area contributed by atoms with E-state index in [0.29, 0.717) is 5.57 Å². The Kier molecular flexibility index (Phi) is 16.1. The lowest BCUT2D eigenvalue weighted by Gasteiger charge is -2.37. The molecule has 0 radical (unpaired) electrons. The minimum absolute atomic E-state index is 0. The van der Waals surface area contributed by atoms with Crippen molar-refractivity contribution in [2.45, 2.75) is 103 Å². The number of rotatable bonds is 17. The topological polar surface area (TPSA) is 47.6 Å². The highest BCUT2D eigenvalue weighted by molar-refractivity contribution is 8.93. The van der Waals surface area contributed by atoms with Crippen molar-refractivity contribution in [2.24, 2.45) is 0 Å². The van der Waals surface area contributed by atoms with E-state index in [0.717, 1.165) is 24.0 Å². The average molecular weight is 615 g/mol. The third kappa shape index (κ3) is 19.6. The number of carbonyl (C=O) groups is 1. The lowest BCUT2D eigenvalue weighted by Crippen LogP contribution is -2.47. The molecule has 0 saturated heterocycles. The summed E-state index contributed by atoms with van der Waals surface area (Å²) < 4.78 is 14.5. The normalized spacial score (nSPS) is 13.4. The molecule has 0 atom stereocenters. The molecule has 0 aromatic rings. The van der Waals surface area contributed by atoms with Crippen LogP contribution in [-0.4, -0.2) is 77.4 Å². The molecule has 0 aliphatic rings. The van der Waals surface area contributed by atoms with Gasteiger partial charge in [0.2, 0.25) is 5.91 Å². The molecule has 10 heteroatoms. The molecule has 0 heterocycles. The van der Waals surface area contributed by atoms with Gasteiger partial charge in [0.25, 0.3) is 0 Å². The summed E-state index contributed by atoms with van der Waals surface area (Å²) in [5.74, 6) is -0.0338. The second-order valence-corrected chi connectivity index (χ2v) is 31.2. The third-order valence-corrected chi connectivity index (χ3v) is 19.9. The monoisotopic (exact) mass is 613 g/mol. The largest absolute Gasteiger partial charge is 0.456 e. The van der Waals surface area contributed by atoms with Gasteiger partial charge in [0, 0.05) is 18.5 Å². The number of nitrogens with one attached hydrogen (secondary N) is 1. The number of quaternary nitrogens is 1. The fourth-order valence-electron chi connectivity index (χ4n) is 4.39. The Labute approximate surface area is 227 Å². The predicted octanol–water partition coefficient (Wildman–Crippen LogP) is 6.99. The molecule has 0 unspecified atom stereocenters. The molecular weight excluding hydrogens is 557 g/mol. The Balaban J connectivity index is 0. The molecule has 1 amide bonds. The molecule has 0 spiro atoms. The minimum Gasteiger partial charge on any atom is -0.456 e. The lowest BCUT2D eigenvalue weighted by molar-refractivity contribution is -0.890. The van der Waals surface area contributed by atoms with Crippen molar-refractivity contribution in [2.75, 3.05) is 33.7 Å². The predicted molar refractivity (Wildman–Crippen MR) is 166 cm³/mol. The van der Waals surface area contributed by atoms with E-state index in [9.17, 15) is 4.79 Å². The molecular formula is C24H58BrN2O3Si4+. The highest BCUT2D eigenvalue weighted by Crippen LogP contribution is 2.28. The second kappa shape index (κ2) is 15.0. The first-order valence-electron chi connectivity index (χ1n) is 12.8. The standard InChI is InChI=1S/C24H56N2O3Si4.BrH/c1-23(2)24(27)25-17-16-19-26(3,4)18-14-15-20-31(8,9)29-33(12,13)22-21-32(10,11)28-30(5,6)7;/h1,14-22H2,2-13H3;1H/p+1. The van der Waals surface area contributed by atoms with Gasteiger partial charge in [-0.05, 0) is 96.8 Å². The van der Waals surface area contributed by atoms with Gasteiger partial charge in [-0.25, -0.2) is 0 Å². The first-order chi connectivity index (χ1) is 14.7. The number of halogens is 1. The zero-order valence-corrected chi connectivity index (χ0v) is 30.4. The van der Waals surface area contributed by atoms with Crippen LogP contribution in [0, 0.1) is 0 Å². The zero-order chi connectivity index (χ0) is 26.1. The van der Waals surface area contributed by atoms with Crippen LogP contribution in [0.2, 0.25) is 77.1 Å². The SMILES string of the molecule is Br.C=C(C)C(=O)NCCC[N+](C)(C)CCCC[Si](C)(C)O[Si](C)(C)CC[Si](C)(C)O[Si](C)(C)C. The summed E-state index contributed by atoms with van der Waals surface area (Å²) in [6.45, 7) is 29.7. The summed E-state index contributed by atoms with van der Waals surface area (Å²) in [6, 6.07) is 3.68. The highest BCUT2D eigenvalue weighted by atomic mass is 79.9. The van der Waals surface area contributed by atoms with Gasteiger partial charge in [0.05, 0.1) is 27.2 Å². The van der Waals surface area contributed by atoms with Gasteiger partial charge in [0.1, 0.15) is 0 Å². The first-order valence-corrected chi connectivity index (χ1v) is 25.6. The van der Waals surface area contributed by atoms with E-state index >= 15 is 0 Å². The molecule has 0 aliphatic carbocycles. The molecule has 1 N–H and O–H groups in total. The average Bonchev–Trinajstić information content (AvgIpc) is 2.58. The van der Waals surface area contributed by atoms with Crippen molar-refractivity contribution in [1.29, 1.82) is 0 Å². The molecule has 5 nitrogen and oxygen atoms in total. The Morgan fingerprint density at radius 2 is 1.21 bits per heavy atom. The van der Waals surface area contributed by atoms with Crippen molar-refractivity contribution in [3.8, 4) is 0 Å². The number of carbonyl (C=O) groups excluding carboxylic acids is 1. The Morgan fingerprint density at radius 3 is 1.68 bits per heavy atom. The van der Waals surface area contributed by atoms with Gasteiger partial charge < -0.3 is 18.0 Å². The van der Waals surface area contributed by atoms with Gasteiger partial charge in [-0.15, -0.1) is 17.0 Å². The van der Waals surface area contributed by atoms with E-state index in [1.807, 2.05) is 0 Å². The summed E-state index contributed by atoms with van der Waals surface area (Å²) >= 11 is 0. The first kappa shape index (κ1) is 36.6. The molecule has 0 aromatic heterocycles. The maximum atomic E-state index is 11.6. The second-order valence-electron chi connectivity index (χ2n) is 13.3. The van der Waals surface area contributed by atoms with E-state index in [2.05, 4.69) is 84.9 Å². The maximum Gasteiger partial charge on any atom is 0.246 e. The number of hydrogen-bond acceptors (Lipinski definition) is 3. The lowest BCUT2D eigenvalue weighted by atomic mass is 10.2. The summed E-state index contributed by atoms with van der Waals surface area (Å²) in [5, 5.41) is 2.93. The van der Waals surface area contributed by atoms with E-state index in [1.165, 1.54) is 37.5 Å². The van der Waals surface area contributed by atoms with Gasteiger partial charge >= 0.3 is 0 Å². The van der Waals surface area contributed by atoms with Gasteiger partial charge in [-0.3, -0.25) is 4.79 Å². The molecule has 0 aliphatic heterocycles. The van der Waals surface area contributed by atoms with Crippen LogP contribution in [0.3, 0.4) is 0 Å². The summed E-state index contributed by atoms with van der Waals surface area (Å²) in [6.07, 6.45) is 3.48. The van der Waals surface area contributed by atoms with Crippen molar-refractivity contribution in [3.05, 3.63) is 12.2 Å². The minimum atomic E-state index is -1.67. The van der Waals surface area contributed by atoms with Crippen molar-refractivity contribution >= 4 is 56.2 Å². The van der Waals surface area contributed by atoms with E-state index < -0.39 is 33.3 Å². The van der Waals surface area contributed by atoms with Gasteiger partial charge in [0.15, 0.2) is 33.3 Å². The van der Waals surface area contributed by atoms with Crippen LogP contribution < -0.4 is 5.32 Å². The van der Waals surface area contributed by atoms with Crippen LogP contribution in [0.5, 0.6) is 0 Å². The maximum absolute atomic E-state index is 11.6. The Bertz CT molecular complexity index is 636. The summed E-state index contributed by atoms with van der Waals surface area (Å²) in [5.41, 5.74) is 0.578. The molecule has 0 bridgehead atoms. The number of nitrogens with zero attached hydrogens (tertiary/aromatic N) is 1. The van der Waals surface area contributed by atoms with E-state index in [4.69, 9.17) is 8.23 Å². The van der Waals surface area contributed by atoms with Crippen LogP contribution in [0.1, 0.15) is 26.2 Å². The Hall–Kier alpha value is 0.438. The quantitative estimate of drug-likeness (QED) is 0.0832. The summed E-state index contributed by atoms with van der Waals surface area (Å²) in [4.78, 5) is 11.6. The molecule has 0 aromatic carbocycles. The third-order valence-electron chi connectivity index (χ3n) is 5.87.